The lowest BCUT2D eigenvalue weighted by Gasteiger charge is -2.23. The second-order valence-electron chi connectivity index (χ2n) is 6.76. The Hall–Kier alpha value is -2.81. The van der Waals surface area contributed by atoms with Gasteiger partial charge in [0.05, 0.1) is 25.8 Å². The Balaban J connectivity index is 0.00000480. The smallest absolute Gasteiger partial charge is 0.407 e. The van der Waals surface area contributed by atoms with Crippen LogP contribution >= 0.6 is 12.4 Å². The van der Waals surface area contributed by atoms with Crippen molar-refractivity contribution in [2.24, 2.45) is 5.73 Å². The second-order valence-corrected chi connectivity index (χ2v) is 6.76. The highest BCUT2D eigenvalue weighted by Gasteiger charge is 2.20. The third kappa shape index (κ3) is 9.25. The van der Waals surface area contributed by atoms with E-state index in [-0.39, 0.29) is 25.6 Å². The Morgan fingerprint density at radius 1 is 1.10 bits per heavy atom. The van der Waals surface area contributed by atoms with Gasteiger partial charge in [-0.3, -0.25) is 10.1 Å². The average molecular weight is 452 g/mol. The Labute approximate surface area is 188 Å². The molecule has 2 amide bonds. The maximum atomic E-state index is 11.8. The minimum atomic E-state index is -0.647. The van der Waals surface area contributed by atoms with E-state index in [0.717, 1.165) is 11.1 Å². The van der Waals surface area contributed by atoms with Gasteiger partial charge in [0.25, 0.3) is 0 Å². The molecule has 0 fully saturated rings. The van der Waals surface area contributed by atoms with Crippen LogP contribution in [-0.2, 0) is 16.1 Å². The molecule has 2 atom stereocenters. The van der Waals surface area contributed by atoms with Gasteiger partial charge in [0.2, 0.25) is 5.91 Å². The first kappa shape index (κ1) is 26.2. The summed E-state index contributed by atoms with van der Waals surface area (Å²) < 4.78 is 10.3. The van der Waals surface area contributed by atoms with Crippen molar-refractivity contribution in [3.63, 3.8) is 0 Å². The van der Waals surface area contributed by atoms with Crippen LogP contribution in [0.3, 0.4) is 0 Å². The van der Waals surface area contributed by atoms with Crippen LogP contribution in [0.2, 0.25) is 0 Å². The van der Waals surface area contributed by atoms with Crippen molar-refractivity contribution < 1.29 is 24.2 Å². The number of nitrogens with two attached hydrogens (primary N) is 1. The third-order valence-electron chi connectivity index (χ3n) is 4.60. The molecule has 0 aliphatic rings. The Kier molecular flexibility index (Phi) is 12.0. The van der Waals surface area contributed by atoms with Gasteiger partial charge >= 0.3 is 6.09 Å². The number of halogens is 1. The van der Waals surface area contributed by atoms with Gasteiger partial charge in [-0.25, -0.2) is 4.79 Å². The van der Waals surface area contributed by atoms with Gasteiger partial charge in [-0.05, 0) is 36.1 Å². The molecule has 0 bridgehead atoms. The maximum absolute atomic E-state index is 11.8. The summed E-state index contributed by atoms with van der Waals surface area (Å²) in [7, 11) is 1.57. The van der Waals surface area contributed by atoms with Gasteiger partial charge in [-0.2, -0.15) is 0 Å². The highest BCUT2D eigenvalue weighted by atomic mass is 35.5. The van der Waals surface area contributed by atoms with Gasteiger partial charge < -0.3 is 25.6 Å². The van der Waals surface area contributed by atoms with Crippen LogP contribution in [0.5, 0.6) is 5.75 Å². The molecule has 0 unspecified atom stereocenters. The molecular weight excluding hydrogens is 422 g/mol. The van der Waals surface area contributed by atoms with Crippen LogP contribution in [0, 0.1) is 0 Å². The van der Waals surface area contributed by atoms with E-state index < -0.39 is 24.1 Å². The van der Waals surface area contributed by atoms with Crippen LogP contribution in [0.1, 0.15) is 30.0 Å². The number of nitrogens with one attached hydrogen (secondary N) is 2. The van der Waals surface area contributed by atoms with Crippen LogP contribution in [0.4, 0.5) is 4.79 Å². The van der Waals surface area contributed by atoms with Crippen molar-refractivity contribution in [2.75, 3.05) is 20.3 Å². The minimum Gasteiger partial charge on any atom is -0.497 e. The molecule has 0 heterocycles. The number of hydrogen-bond donors (Lipinski definition) is 4. The number of carbonyl (C=O) groups excluding carboxylic acids is 2. The van der Waals surface area contributed by atoms with Crippen molar-refractivity contribution in [3.05, 3.63) is 65.7 Å². The second kappa shape index (κ2) is 14.2. The number of aliphatic hydroxyl groups excluding tert-OH is 1. The zero-order valence-electron chi connectivity index (χ0n) is 17.5. The van der Waals surface area contributed by atoms with Crippen LogP contribution < -0.4 is 21.1 Å². The van der Waals surface area contributed by atoms with Crippen LogP contribution in [0.15, 0.2) is 54.6 Å². The fourth-order valence-corrected chi connectivity index (χ4v) is 2.91. The maximum Gasteiger partial charge on any atom is 0.407 e. The predicted octanol–water partition coefficient (Wildman–Crippen LogP) is 2.30. The lowest BCUT2D eigenvalue weighted by atomic mass is 10.0. The number of amides is 2. The molecule has 2 aromatic carbocycles. The first-order chi connectivity index (χ1) is 14.5. The van der Waals surface area contributed by atoms with Gasteiger partial charge in [0.15, 0.2) is 0 Å². The molecule has 5 N–H and O–H groups in total. The van der Waals surface area contributed by atoms with Crippen molar-refractivity contribution >= 4 is 24.4 Å². The molecule has 31 heavy (non-hydrogen) atoms. The minimum absolute atomic E-state index is 0. The molecular formula is C22H30ClN3O5. The third-order valence-corrected chi connectivity index (χ3v) is 4.60. The number of ether oxygens (including phenoxy) is 2. The number of methoxy groups -OCH3 is 1. The number of alkyl carbamates (subject to hydrolysis) is 1. The largest absolute Gasteiger partial charge is 0.497 e. The topological polar surface area (TPSA) is 123 Å². The normalized spacial score (nSPS) is 12.2. The van der Waals surface area contributed by atoms with Crippen molar-refractivity contribution in [3.8, 4) is 5.75 Å². The fraction of sp³-hybridized carbons (Fsp3) is 0.364. The first-order valence-corrected chi connectivity index (χ1v) is 9.78. The van der Waals surface area contributed by atoms with Gasteiger partial charge in [-0.1, -0.05) is 42.5 Å². The van der Waals surface area contributed by atoms with Crippen LogP contribution in [0.25, 0.3) is 0 Å². The fourth-order valence-electron chi connectivity index (χ4n) is 2.91. The Morgan fingerprint density at radius 2 is 1.77 bits per heavy atom. The van der Waals surface area contributed by atoms with Crippen molar-refractivity contribution in [2.45, 2.75) is 31.5 Å². The average Bonchev–Trinajstić information content (AvgIpc) is 2.78. The molecule has 0 aliphatic heterocycles. The van der Waals surface area contributed by atoms with E-state index in [2.05, 4.69) is 10.6 Å². The molecule has 0 aliphatic carbocycles. The molecule has 170 valence electrons. The molecule has 0 spiro atoms. The SMILES string of the molecule is COc1ccc([C@H](CO)N[C@H](CCCNC(=O)OCc2ccccc2)C(N)=O)cc1.Cl. The zero-order chi connectivity index (χ0) is 21.8. The number of rotatable bonds is 12. The first-order valence-electron chi connectivity index (χ1n) is 9.78. The summed E-state index contributed by atoms with van der Waals surface area (Å²) in [4.78, 5) is 23.6. The Bertz CT molecular complexity index is 789. The summed E-state index contributed by atoms with van der Waals surface area (Å²) in [6.45, 7) is 0.337. The molecule has 0 aromatic heterocycles. The zero-order valence-corrected chi connectivity index (χ0v) is 18.3. The van der Waals surface area contributed by atoms with E-state index in [0.29, 0.717) is 25.1 Å². The Morgan fingerprint density at radius 3 is 2.35 bits per heavy atom. The van der Waals surface area contributed by atoms with E-state index in [1.807, 2.05) is 42.5 Å². The quantitative estimate of drug-likeness (QED) is 0.367. The monoisotopic (exact) mass is 451 g/mol. The molecule has 9 heteroatoms. The molecule has 8 nitrogen and oxygen atoms in total. The van der Waals surface area contributed by atoms with E-state index in [9.17, 15) is 14.7 Å². The van der Waals surface area contributed by atoms with Gasteiger partial charge in [0, 0.05) is 6.54 Å². The van der Waals surface area contributed by atoms with E-state index >= 15 is 0 Å². The molecule has 2 rings (SSSR count). The predicted molar refractivity (Wildman–Crippen MR) is 120 cm³/mol. The van der Waals surface area contributed by atoms with E-state index in [1.54, 1.807) is 19.2 Å². The number of hydrogen-bond acceptors (Lipinski definition) is 6. The lowest BCUT2D eigenvalue weighted by Crippen LogP contribution is -2.44. The molecule has 0 saturated heterocycles. The lowest BCUT2D eigenvalue weighted by molar-refractivity contribution is -0.120. The summed E-state index contributed by atoms with van der Waals surface area (Å²) in [5, 5.41) is 15.5. The highest BCUT2D eigenvalue weighted by Crippen LogP contribution is 2.18. The summed E-state index contributed by atoms with van der Waals surface area (Å²) in [6, 6.07) is 15.5. The number of aliphatic hydroxyl groups is 1. The molecule has 2 aromatic rings. The summed E-state index contributed by atoms with van der Waals surface area (Å²) >= 11 is 0. The standard InChI is InChI=1S/C22H29N3O5.ClH/c1-29-18-11-9-17(10-12-18)20(14-26)25-19(21(23)27)8-5-13-24-22(28)30-15-16-6-3-2-4-7-16;/h2-4,6-7,9-12,19-20,25-26H,5,8,13-15H2,1H3,(H2,23,27)(H,24,28);1H/t19-,20+;/m1./s1. The van der Waals surface area contributed by atoms with Gasteiger partial charge in [-0.15, -0.1) is 12.4 Å². The summed E-state index contributed by atoms with van der Waals surface area (Å²) in [6.07, 6.45) is 0.400. The molecule has 0 radical (unpaired) electrons. The van der Waals surface area contributed by atoms with Crippen molar-refractivity contribution in [1.29, 1.82) is 0 Å². The summed E-state index contributed by atoms with van der Waals surface area (Å²) in [5.41, 5.74) is 7.22. The van der Waals surface area contributed by atoms with Crippen molar-refractivity contribution in [1.82, 2.24) is 10.6 Å². The highest BCUT2D eigenvalue weighted by molar-refractivity contribution is 5.85. The number of carbonyl (C=O) groups is 2. The van der Waals surface area contributed by atoms with Crippen LogP contribution in [-0.4, -0.2) is 43.4 Å². The van der Waals surface area contributed by atoms with Gasteiger partial charge in [0.1, 0.15) is 12.4 Å². The number of primary amides is 1. The van der Waals surface area contributed by atoms with E-state index in [1.165, 1.54) is 0 Å². The number of benzene rings is 2. The summed E-state index contributed by atoms with van der Waals surface area (Å²) in [5.74, 6) is 0.181. The van der Waals surface area contributed by atoms with E-state index in [4.69, 9.17) is 15.2 Å². The molecule has 0 saturated carbocycles.